The molecule has 3 aromatic rings. The van der Waals surface area contributed by atoms with Crippen LogP contribution in [0.4, 0.5) is 0 Å². The van der Waals surface area contributed by atoms with Crippen molar-refractivity contribution < 1.29 is 13.2 Å². The first-order valence-corrected chi connectivity index (χ1v) is 14.8. The molecule has 0 aliphatic heterocycles. The van der Waals surface area contributed by atoms with Crippen LogP contribution in [-0.2, 0) is 14.6 Å². The summed E-state index contributed by atoms with van der Waals surface area (Å²) in [4.78, 5) is 14.3. The molecular weight excluding hydrogens is 488 g/mol. The van der Waals surface area contributed by atoms with Gasteiger partial charge in [-0.1, -0.05) is 78.4 Å². The molecule has 3 aromatic carbocycles. The van der Waals surface area contributed by atoms with Crippen LogP contribution >= 0.6 is 0 Å². The van der Waals surface area contributed by atoms with E-state index in [-0.39, 0.29) is 11.7 Å². The largest absolute Gasteiger partial charge is 0.294 e. The van der Waals surface area contributed by atoms with E-state index in [9.17, 15) is 13.2 Å². The second kappa shape index (κ2) is 8.24. The van der Waals surface area contributed by atoms with E-state index in [1.54, 1.807) is 12.1 Å². The Bertz CT molecular complexity index is 1890. The minimum atomic E-state index is -3.31. The number of allylic oxidation sites excluding steroid dienone is 12. The zero-order chi connectivity index (χ0) is 26.2. The molecule has 3 nitrogen and oxygen atoms in total. The standard InChI is InChI=1S/C34H26O3S/c1-20-7-8-23-10-12-26-18-29(22-13-15-27(16-14-22)38(2,36)37)32(34-30(35)19-28(20)31(23)33(26)34)25-11-9-21-5-3-4-6-24(21)17-25/h3-17,31H,18-19H2,1-2H3. The molecule has 0 heterocycles. The summed E-state index contributed by atoms with van der Waals surface area (Å²) in [5, 5.41) is 2.28. The lowest BCUT2D eigenvalue weighted by Gasteiger charge is -2.41. The van der Waals surface area contributed by atoms with Crippen LogP contribution in [-0.4, -0.2) is 20.5 Å². The molecule has 1 unspecified atom stereocenters. The van der Waals surface area contributed by atoms with Gasteiger partial charge in [-0.2, -0.15) is 0 Å². The van der Waals surface area contributed by atoms with E-state index in [4.69, 9.17) is 0 Å². The van der Waals surface area contributed by atoms with E-state index in [2.05, 4.69) is 61.6 Å². The summed E-state index contributed by atoms with van der Waals surface area (Å²) in [7, 11) is -3.31. The zero-order valence-electron chi connectivity index (χ0n) is 21.3. The first-order valence-electron chi connectivity index (χ1n) is 12.9. The Morgan fingerprint density at radius 3 is 2.29 bits per heavy atom. The molecule has 0 aromatic heterocycles. The fourth-order valence-electron chi connectivity index (χ4n) is 6.45. The third kappa shape index (κ3) is 3.48. The van der Waals surface area contributed by atoms with Gasteiger partial charge in [-0.3, -0.25) is 4.79 Å². The molecule has 38 heavy (non-hydrogen) atoms. The van der Waals surface area contributed by atoms with Crippen LogP contribution in [0.2, 0.25) is 0 Å². The molecule has 186 valence electrons. The van der Waals surface area contributed by atoms with Crippen molar-refractivity contribution in [1.29, 1.82) is 0 Å². The number of carbonyl (C=O) groups excluding carboxylic acids is 1. The van der Waals surface area contributed by atoms with Gasteiger partial charge in [-0.15, -0.1) is 0 Å². The highest BCUT2D eigenvalue weighted by Crippen LogP contribution is 2.55. The molecule has 0 saturated carbocycles. The summed E-state index contributed by atoms with van der Waals surface area (Å²) in [6, 6.07) is 21.8. The first-order chi connectivity index (χ1) is 18.3. The smallest absolute Gasteiger partial charge is 0.175 e. The van der Waals surface area contributed by atoms with Crippen molar-refractivity contribution in [3.63, 3.8) is 0 Å². The van der Waals surface area contributed by atoms with Crippen LogP contribution in [0.1, 0.15) is 30.9 Å². The molecule has 1 atom stereocenters. The fourth-order valence-corrected chi connectivity index (χ4v) is 7.08. The molecule has 4 aliphatic carbocycles. The Morgan fingerprint density at radius 2 is 1.53 bits per heavy atom. The second-order valence-corrected chi connectivity index (χ2v) is 12.6. The van der Waals surface area contributed by atoms with E-state index in [0.29, 0.717) is 17.7 Å². The lowest BCUT2D eigenvalue weighted by molar-refractivity contribution is -0.115. The molecule has 4 heteroatoms. The Hall–Kier alpha value is -4.02. The van der Waals surface area contributed by atoms with Gasteiger partial charge in [0.25, 0.3) is 0 Å². The average Bonchev–Trinajstić information content (AvgIpc) is 2.92. The Labute approximate surface area is 222 Å². The highest BCUT2D eigenvalue weighted by atomic mass is 32.2. The van der Waals surface area contributed by atoms with Crippen LogP contribution in [0.3, 0.4) is 0 Å². The predicted octanol–water partition coefficient (Wildman–Crippen LogP) is 7.20. The maximum Gasteiger partial charge on any atom is 0.175 e. The number of hydrogen-bond acceptors (Lipinski definition) is 3. The van der Waals surface area contributed by atoms with Gasteiger partial charge in [0, 0.05) is 24.2 Å². The van der Waals surface area contributed by atoms with E-state index in [1.165, 1.54) is 28.5 Å². The molecule has 0 saturated heterocycles. The summed E-state index contributed by atoms with van der Waals surface area (Å²) in [6.45, 7) is 2.11. The third-order valence-electron chi connectivity index (χ3n) is 8.31. The highest BCUT2D eigenvalue weighted by Gasteiger charge is 2.42. The van der Waals surface area contributed by atoms with Crippen molar-refractivity contribution in [3.05, 3.63) is 136 Å². The van der Waals surface area contributed by atoms with Gasteiger partial charge in [0.05, 0.1) is 4.90 Å². The van der Waals surface area contributed by atoms with Gasteiger partial charge in [0.15, 0.2) is 15.6 Å². The molecule has 0 spiro atoms. The number of ketones is 1. The molecule has 0 N–H and O–H groups in total. The first kappa shape index (κ1) is 23.1. The molecule has 0 fully saturated rings. The number of rotatable bonds is 3. The minimum absolute atomic E-state index is 0.123. The maximum atomic E-state index is 14.0. The second-order valence-electron chi connectivity index (χ2n) is 10.6. The van der Waals surface area contributed by atoms with Gasteiger partial charge in [0.2, 0.25) is 0 Å². The molecule has 0 bridgehead atoms. The predicted molar refractivity (Wildman–Crippen MR) is 153 cm³/mol. The molecule has 7 rings (SSSR count). The number of benzene rings is 3. The van der Waals surface area contributed by atoms with Crippen LogP contribution < -0.4 is 0 Å². The number of fused-ring (bicyclic) bond motifs is 1. The van der Waals surface area contributed by atoms with Crippen LogP contribution in [0.15, 0.2) is 129 Å². The lowest BCUT2D eigenvalue weighted by Crippen LogP contribution is -2.30. The molecule has 0 amide bonds. The van der Waals surface area contributed by atoms with Crippen LogP contribution in [0.25, 0.3) is 21.9 Å². The van der Waals surface area contributed by atoms with Gasteiger partial charge in [-0.25, -0.2) is 8.42 Å². The quantitative estimate of drug-likeness (QED) is 0.372. The van der Waals surface area contributed by atoms with E-state index in [0.717, 1.165) is 44.2 Å². The Morgan fingerprint density at radius 1 is 0.789 bits per heavy atom. The summed E-state index contributed by atoms with van der Waals surface area (Å²) >= 11 is 0. The summed E-state index contributed by atoms with van der Waals surface area (Å²) in [5.74, 6) is 0.276. The number of Topliss-reactive ketones (excluding diaryl/α,β-unsaturated/α-hetero) is 1. The van der Waals surface area contributed by atoms with Gasteiger partial charge in [0.1, 0.15) is 0 Å². The number of sulfone groups is 1. The van der Waals surface area contributed by atoms with Crippen LogP contribution in [0.5, 0.6) is 0 Å². The molecule has 0 radical (unpaired) electrons. The van der Waals surface area contributed by atoms with Gasteiger partial charge in [-0.05, 0) is 86.9 Å². The Balaban J connectivity index is 1.53. The van der Waals surface area contributed by atoms with E-state index < -0.39 is 9.84 Å². The Kier molecular flexibility index (Phi) is 5.01. The summed E-state index contributed by atoms with van der Waals surface area (Å²) < 4.78 is 24.3. The van der Waals surface area contributed by atoms with E-state index in [1.807, 2.05) is 24.3 Å². The SMILES string of the molecule is CC1=C2CC(=O)C3=C4C(=CC=C(C=C1)C24)CC(c1ccc(S(C)(=O)=O)cc1)=C3c1ccc2ccccc2c1. The maximum absolute atomic E-state index is 14.0. The zero-order valence-corrected chi connectivity index (χ0v) is 22.1. The van der Waals surface area contributed by atoms with Crippen molar-refractivity contribution in [2.24, 2.45) is 5.92 Å². The highest BCUT2D eigenvalue weighted by molar-refractivity contribution is 7.90. The van der Waals surface area contributed by atoms with Crippen molar-refractivity contribution in [2.45, 2.75) is 24.7 Å². The number of hydrogen-bond donors (Lipinski definition) is 0. The third-order valence-corrected chi connectivity index (χ3v) is 9.44. The summed E-state index contributed by atoms with van der Waals surface area (Å²) in [6.07, 6.45) is 11.0. The van der Waals surface area contributed by atoms with Gasteiger partial charge >= 0.3 is 0 Å². The van der Waals surface area contributed by atoms with Crippen LogP contribution in [0, 0.1) is 5.92 Å². The number of carbonyl (C=O) groups is 1. The normalized spacial score (nSPS) is 20.6. The molecular formula is C34H26O3S. The van der Waals surface area contributed by atoms with Crippen molar-refractivity contribution >= 4 is 37.5 Å². The minimum Gasteiger partial charge on any atom is -0.294 e. The van der Waals surface area contributed by atoms with Crippen molar-refractivity contribution in [2.75, 3.05) is 6.26 Å². The summed E-state index contributed by atoms with van der Waals surface area (Å²) in [5.41, 5.74) is 10.8. The van der Waals surface area contributed by atoms with Gasteiger partial charge < -0.3 is 0 Å². The topological polar surface area (TPSA) is 51.2 Å². The van der Waals surface area contributed by atoms with Crippen molar-refractivity contribution in [3.8, 4) is 0 Å². The molecule has 4 aliphatic rings. The monoisotopic (exact) mass is 514 g/mol. The lowest BCUT2D eigenvalue weighted by atomic mass is 9.61. The van der Waals surface area contributed by atoms with E-state index >= 15 is 0 Å². The average molecular weight is 515 g/mol. The fraction of sp³-hybridized carbons (Fsp3) is 0.147. The van der Waals surface area contributed by atoms with Crippen molar-refractivity contribution in [1.82, 2.24) is 0 Å².